The lowest BCUT2D eigenvalue weighted by Gasteiger charge is -2.52. The Morgan fingerprint density at radius 1 is 1.17 bits per heavy atom. The van der Waals surface area contributed by atoms with E-state index >= 15 is 0 Å². The molecule has 0 aliphatic carbocycles. The van der Waals surface area contributed by atoms with E-state index < -0.39 is 29.4 Å². The van der Waals surface area contributed by atoms with Crippen molar-refractivity contribution in [2.45, 2.75) is 18.1 Å². The minimum absolute atomic E-state index is 0.406. The van der Waals surface area contributed by atoms with Crippen LogP contribution in [0.15, 0.2) is 54.6 Å². The number of nitrogens with zero attached hydrogens (tertiary/aromatic N) is 1. The molecule has 1 fully saturated rings. The van der Waals surface area contributed by atoms with Gasteiger partial charge in [0, 0.05) is 24.9 Å². The Labute approximate surface area is 139 Å². The van der Waals surface area contributed by atoms with Crippen molar-refractivity contribution in [2.24, 2.45) is 5.92 Å². The lowest BCUT2D eigenvalue weighted by atomic mass is 9.72. The van der Waals surface area contributed by atoms with Crippen LogP contribution >= 0.6 is 0 Å². The molecule has 4 rings (SSSR count). The summed E-state index contributed by atoms with van der Waals surface area (Å²) in [6.07, 6.45) is 0.424. The van der Waals surface area contributed by atoms with Crippen molar-refractivity contribution in [3.05, 3.63) is 65.7 Å². The number of carbonyl (C=O) groups excluding carboxylic acids is 1. The Hall–Kier alpha value is -2.82. The zero-order valence-corrected chi connectivity index (χ0v) is 13.2. The number of benzene rings is 2. The molecular formula is C19H17NO4. The Morgan fingerprint density at radius 3 is 2.54 bits per heavy atom. The van der Waals surface area contributed by atoms with Crippen LogP contribution in [0.2, 0.25) is 0 Å². The van der Waals surface area contributed by atoms with Crippen LogP contribution in [-0.2, 0) is 15.3 Å². The quantitative estimate of drug-likeness (QED) is 0.863. The van der Waals surface area contributed by atoms with Gasteiger partial charge in [-0.15, -0.1) is 0 Å². The molecule has 2 aliphatic heterocycles. The van der Waals surface area contributed by atoms with Gasteiger partial charge in [-0.1, -0.05) is 48.5 Å². The number of aliphatic carboxylic acids is 1. The highest BCUT2D eigenvalue weighted by Crippen LogP contribution is 2.53. The van der Waals surface area contributed by atoms with Crippen molar-refractivity contribution < 1.29 is 19.4 Å². The fraction of sp³-hybridized carbons (Fsp3) is 0.263. The van der Waals surface area contributed by atoms with Crippen LogP contribution < -0.4 is 4.74 Å². The second-order valence-corrected chi connectivity index (χ2v) is 6.31. The Balaban J connectivity index is 1.95. The van der Waals surface area contributed by atoms with E-state index in [1.54, 1.807) is 7.05 Å². The molecule has 0 saturated carbocycles. The van der Waals surface area contributed by atoms with Gasteiger partial charge in [0.2, 0.25) is 11.6 Å². The van der Waals surface area contributed by atoms with Gasteiger partial charge in [-0.25, -0.2) is 0 Å². The molecule has 5 nitrogen and oxygen atoms in total. The molecule has 2 bridgehead atoms. The second kappa shape index (κ2) is 5.09. The monoisotopic (exact) mass is 323 g/mol. The number of hydrogen-bond donors (Lipinski definition) is 1. The number of fused-ring (bicyclic) bond motifs is 4. The van der Waals surface area contributed by atoms with Gasteiger partial charge in [0.25, 0.3) is 0 Å². The molecule has 1 saturated heterocycles. The van der Waals surface area contributed by atoms with E-state index in [2.05, 4.69) is 0 Å². The number of carboxylic acids is 1. The third-order valence-electron chi connectivity index (χ3n) is 5.13. The third kappa shape index (κ3) is 1.87. The van der Waals surface area contributed by atoms with Crippen molar-refractivity contribution in [2.75, 3.05) is 7.05 Å². The summed E-state index contributed by atoms with van der Waals surface area (Å²) in [5.41, 5.74) is 0.672. The van der Waals surface area contributed by atoms with Gasteiger partial charge in [-0.3, -0.25) is 9.59 Å². The van der Waals surface area contributed by atoms with Crippen molar-refractivity contribution in [3.8, 4) is 5.75 Å². The normalized spacial score (nSPS) is 28.0. The molecule has 2 aromatic rings. The van der Waals surface area contributed by atoms with E-state index in [4.69, 9.17) is 4.74 Å². The first kappa shape index (κ1) is 14.8. The molecule has 1 amide bonds. The molecule has 0 spiro atoms. The van der Waals surface area contributed by atoms with Crippen LogP contribution in [0.4, 0.5) is 0 Å². The fourth-order valence-corrected chi connectivity index (χ4v) is 3.92. The number of piperidine rings is 1. The summed E-state index contributed by atoms with van der Waals surface area (Å²) in [7, 11) is 1.62. The number of likely N-dealkylation sites (tertiary alicyclic amines) is 1. The molecule has 0 aromatic heterocycles. The van der Waals surface area contributed by atoms with Crippen LogP contribution in [0, 0.1) is 5.92 Å². The number of carbonyl (C=O) groups is 2. The van der Waals surface area contributed by atoms with Crippen molar-refractivity contribution in [1.82, 2.24) is 4.90 Å². The third-order valence-corrected chi connectivity index (χ3v) is 5.13. The predicted molar refractivity (Wildman–Crippen MR) is 86.4 cm³/mol. The summed E-state index contributed by atoms with van der Waals surface area (Å²) < 4.78 is 6.30. The largest absolute Gasteiger partial charge is 0.481 e. The van der Waals surface area contributed by atoms with Gasteiger partial charge in [-0.2, -0.15) is 0 Å². The van der Waals surface area contributed by atoms with Crippen molar-refractivity contribution >= 4 is 11.9 Å². The van der Waals surface area contributed by atoms with Gasteiger partial charge in [0.1, 0.15) is 11.7 Å². The predicted octanol–water partition coefficient (Wildman–Crippen LogP) is 2.58. The van der Waals surface area contributed by atoms with Gasteiger partial charge in [-0.05, 0) is 11.6 Å². The number of para-hydroxylation sites is 1. The molecule has 24 heavy (non-hydrogen) atoms. The molecule has 0 radical (unpaired) electrons. The Bertz CT molecular complexity index is 819. The molecule has 122 valence electrons. The molecule has 2 aromatic carbocycles. The SMILES string of the molecule is CN1C(=O)[C@H](C(=O)O)[C@H]2C[C@@]1(c1ccccc1)Oc1ccccc12. The summed E-state index contributed by atoms with van der Waals surface area (Å²) in [6, 6.07) is 16.9. The zero-order chi connectivity index (χ0) is 16.9. The molecule has 2 heterocycles. The maximum absolute atomic E-state index is 12.8. The van der Waals surface area contributed by atoms with Crippen molar-refractivity contribution in [3.63, 3.8) is 0 Å². The summed E-state index contributed by atoms with van der Waals surface area (Å²) >= 11 is 0. The van der Waals surface area contributed by atoms with E-state index in [0.29, 0.717) is 12.2 Å². The summed E-state index contributed by atoms with van der Waals surface area (Å²) in [6.45, 7) is 0. The second-order valence-electron chi connectivity index (χ2n) is 6.31. The number of hydrogen-bond acceptors (Lipinski definition) is 3. The average molecular weight is 323 g/mol. The lowest BCUT2D eigenvalue weighted by Crippen LogP contribution is -2.61. The Morgan fingerprint density at radius 2 is 1.83 bits per heavy atom. The molecular weight excluding hydrogens is 306 g/mol. The van der Waals surface area contributed by atoms with Crippen LogP contribution in [0.5, 0.6) is 5.75 Å². The minimum Gasteiger partial charge on any atom is -0.481 e. The van der Waals surface area contributed by atoms with E-state index in [1.165, 1.54) is 4.90 Å². The summed E-state index contributed by atoms with van der Waals surface area (Å²) in [5.74, 6) is -2.36. The van der Waals surface area contributed by atoms with Gasteiger partial charge >= 0.3 is 5.97 Å². The number of ether oxygens (including phenoxy) is 1. The van der Waals surface area contributed by atoms with Crippen LogP contribution in [-0.4, -0.2) is 28.9 Å². The standard InChI is InChI=1S/C19H17NO4/c1-20-17(21)16(18(22)23)14-11-19(20,12-7-3-2-4-8-12)24-15-10-6-5-9-13(14)15/h2-10,14,16H,11H2,1H3,(H,22,23)/t14-,16+,19-/m0/s1. The van der Waals surface area contributed by atoms with E-state index in [1.807, 2.05) is 54.6 Å². The molecule has 5 heteroatoms. The van der Waals surface area contributed by atoms with Gasteiger partial charge in [0.15, 0.2) is 0 Å². The first-order valence-electron chi connectivity index (χ1n) is 7.88. The van der Waals surface area contributed by atoms with E-state index in [9.17, 15) is 14.7 Å². The lowest BCUT2D eigenvalue weighted by molar-refractivity contribution is -0.182. The highest BCUT2D eigenvalue weighted by molar-refractivity contribution is 5.99. The van der Waals surface area contributed by atoms with Crippen LogP contribution in [0.3, 0.4) is 0 Å². The molecule has 0 unspecified atom stereocenters. The Kier molecular flexibility index (Phi) is 3.13. The number of amides is 1. The van der Waals surface area contributed by atoms with E-state index in [-0.39, 0.29) is 0 Å². The van der Waals surface area contributed by atoms with Crippen LogP contribution in [0.1, 0.15) is 23.5 Å². The zero-order valence-electron chi connectivity index (χ0n) is 13.2. The topological polar surface area (TPSA) is 66.8 Å². The maximum Gasteiger partial charge on any atom is 0.316 e. The summed E-state index contributed by atoms with van der Waals surface area (Å²) in [4.78, 5) is 26.1. The summed E-state index contributed by atoms with van der Waals surface area (Å²) in [5, 5.41) is 9.63. The van der Waals surface area contributed by atoms with Crippen LogP contribution in [0.25, 0.3) is 0 Å². The molecule has 2 aliphatic rings. The fourth-order valence-electron chi connectivity index (χ4n) is 3.92. The average Bonchev–Trinajstić information content (AvgIpc) is 2.60. The molecule has 3 atom stereocenters. The van der Waals surface area contributed by atoms with Gasteiger partial charge < -0.3 is 14.7 Å². The highest BCUT2D eigenvalue weighted by Gasteiger charge is 2.57. The smallest absolute Gasteiger partial charge is 0.316 e. The van der Waals surface area contributed by atoms with Gasteiger partial charge in [0.05, 0.1) is 0 Å². The number of carboxylic acid groups (broad SMARTS) is 1. The first-order chi connectivity index (χ1) is 11.5. The van der Waals surface area contributed by atoms with Crippen molar-refractivity contribution in [1.29, 1.82) is 0 Å². The molecule has 1 N–H and O–H groups in total. The van der Waals surface area contributed by atoms with E-state index in [0.717, 1.165) is 11.1 Å². The highest BCUT2D eigenvalue weighted by atomic mass is 16.5. The minimum atomic E-state index is -1.09. The first-order valence-corrected chi connectivity index (χ1v) is 7.88. The number of rotatable bonds is 2. The maximum atomic E-state index is 12.8.